The van der Waals surface area contributed by atoms with Crippen LogP contribution in [-0.2, 0) is 19.1 Å². The van der Waals surface area contributed by atoms with Crippen LogP contribution in [0.1, 0.15) is 290 Å². The molecule has 0 bridgehead atoms. The first-order valence-electron chi connectivity index (χ1n) is 27.7. The molecule has 1 unspecified atom stereocenters. The second kappa shape index (κ2) is 54.2. The minimum atomic E-state index is -0.772. The van der Waals surface area contributed by atoms with Crippen molar-refractivity contribution in [3.8, 4) is 0 Å². The van der Waals surface area contributed by atoms with Gasteiger partial charge in [0.15, 0.2) is 6.10 Å². The second-order valence-corrected chi connectivity index (χ2v) is 18.7. The predicted octanol–water partition coefficient (Wildman–Crippen LogP) is 18.5. The maximum Gasteiger partial charge on any atom is 0.306 e. The third-order valence-corrected chi connectivity index (χ3v) is 12.3. The third-order valence-electron chi connectivity index (χ3n) is 12.3. The van der Waals surface area contributed by atoms with Crippen molar-refractivity contribution in [2.45, 2.75) is 296 Å². The van der Waals surface area contributed by atoms with Crippen LogP contribution in [0, 0.1) is 0 Å². The van der Waals surface area contributed by atoms with Crippen molar-refractivity contribution in [3.63, 3.8) is 0 Å². The Morgan fingerprint density at radius 3 is 1.00 bits per heavy atom. The monoisotopic (exact) mass is 883 g/mol. The van der Waals surface area contributed by atoms with E-state index in [2.05, 4.69) is 62.5 Å². The van der Waals surface area contributed by atoms with Gasteiger partial charge in [0.25, 0.3) is 0 Å². The number of ether oxygens (including phenoxy) is 2. The van der Waals surface area contributed by atoms with Gasteiger partial charge in [-0.1, -0.05) is 249 Å². The molecule has 0 radical (unpaired) electrons. The van der Waals surface area contributed by atoms with Crippen LogP contribution < -0.4 is 0 Å². The lowest BCUT2D eigenvalue weighted by molar-refractivity contribution is -0.161. The van der Waals surface area contributed by atoms with Crippen molar-refractivity contribution < 1.29 is 24.2 Å². The summed E-state index contributed by atoms with van der Waals surface area (Å²) in [5.74, 6) is -0.591. The SMILES string of the molecule is CCCCC/C=C\CCCCCCCC(=O)OCC(CO)OC(=O)CCCCCCCCCCCCCCCCCCCCCCCC/C=C\C/C=C\C/C=C\CCCCCCC. The standard InChI is InChI=1S/C58H106O5/c1-3-5-7-9-11-13-15-17-18-19-20-21-22-23-24-25-26-27-28-29-30-31-32-33-34-35-36-37-38-39-40-41-43-45-47-49-51-53-58(61)63-56(54-59)55-62-57(60)52-50-48-46-44-42-16-14-12-10-8-6-4-2/h12,14-15,17,19-20,22-23,56,59H,3-11,13,16,18,21,24-55H2,1-2H3/b14-12-,17-15-,20-19-,23-22-. The molecule has 1 N–H and O–H groups in total. The van der Waals surface area contributed by atoms with Gasteiger partial charge in [0.2, 0.25) is 0 Å². The highest BCUT2D eigenvalue weighted by Gasteiger charge is 2.16. The van der Waals surface area contributed by atoms with Crippen molar-refractivity contribution in [1.29, 1.82) is 0 Å². The molecule has 5 nitrogen and oxygen atoms in total. The summed E-state index contributed by atoms with van der Waals surface area (Å²) < 4.78 is 10.7. The molecule has 368 valence electrons. The molecule has 0 aromatic heterocycles. The number of unbranched alkanes of at least 4 members (excludes halogenated alkanes) is 35. The molecular formula is C58H106O5. The van der Waals surface area contributed by atoms with Crippen LogP contribution in [0.4, 0.5) is 0 Å². The highest BCUT2D eigenvalue weighted by molar-refractivity contribution is 5.70. The minimum Gasteiger partial charge on any atom is -0.462 e. The zero-order chi connectivity index (χ0) is 45.6. The maximum atomic E-state index is 12.3. The van der Waals surface area contributed by atoms with E-state index in [0.717, 1.165) is 57.8 Å². The molecule has 0 aromatic carbocycles. The number of allylic oxidation sites excluding steroid dienone is 8. The van der Waals surface area contributed by atoms with Gasteiger partial charge in [0, 0.05) is 12.8 Å². The number of aliphatic hydroxyl groups excluding tert-OH is 1. The van der Waals surface area contributed by atoms with Crippen molar-refractivity contribution in [2.24, 2.45) is 0 Å². The summed E-state index contributed by atoms with van der Waals surface area (Å²) >= 11 is 0. The van der Waals surface area contributed by atoms with Gasteiger partial charge in [-0.15, -0.1) is 0 Å². The largest absolute Gasteiger partial charge is 0.462 e. The molecule has 0 heterocycles. The van der Waals surface area contributed by atoms with Gasteiger partial charge >= 0.3 is 11.9 Å². The molecule has 5 heteroatoms. The van der Waals surface area contributed by atoms with Gasteiger partial charge < -0.3 is 14.6 Å². The van der Waals surface area contributed by atoms with E-state index in [4.69, 9.17) is 9.47 Å². The smallest absolute Gasteiger partial charge is 0.306 e. The van der Waals surface area contributed by atoms with Crippen LogP contribution in [-0.4, -0.2) is 36.4 Å². The van der Waals surface area contributed by atoms with Gasteiger partial charge in [-0.25, -0.2) is 0 Å². The van der Waals surface area contributed by atoms with Crippen molar-refractivity contribution in [1.82, 2.24) is 0 Å². The molecule has 0 aromatic rings. The Balaban J connectivity index is 3.39. The molecule has 0 spiro atoms. The van der Waals surface area contributed by atoms with Crippen molar-refractivity contribution >= 4 is 11.9 Å². The first-order valence-corrected chi connectivity index (χ1v) is 27.7. The molecule has 0 rings (SSSR count). The first kappa shape index (κ1) is 60.9. The number of aliphatic hydroxyl groups is 1. The fourth-order valence-electron chi connectivity index (χ4n) is 8.15. The van der Waals surface area contributed by atoms with Gasteiger partial charge in [-0.3, -0.25) is 9.59 Å². The topological polar surface area (TPSA) is 72.8 Å². The second-order valence-electron chi connectivity index (χ2n) is 18.7. The Morgan fingerprint density at radius 1 is 0.365 bits per heavy atom. The van der Waals surface area contributed by atoms with E-state index in [9.17, 15) is 14.7 Å². The normalized spacial score (nSPS) is 12.5. The lowest BCUT2D eigenvalue weighted by Crippen LogP contribution is -2.28. The summed E-state index contributed by atoms with van der Waals surface area (Å²) in [5.41, 5.74) is 0. The lowest BCUT2D eigenvalue weighted by atomic mass is 10.0. The van der Waals surface area contributed by atoms with E-state index in [1.165, 1.54) is 205 Å². The molecule has 1 atom stereocenters. The van der Waals surface area contributed by atoms with Crippen molar-refractivity contribution in [2.75, 3.05) is 13.2 Å². The Bertz CT molecular complexity index is 1040. The molecule has 63 heavy (non-hydrogen) atoms. The first-order chi connectivity index (χ1) is 31.1. The quantitative estimate of drug-likeness (QED) is 0.0374. The fraction of sp³-hybridized carbons (Fsp3) is 0.828. The van der Waals surface area contributed by atoms with E-state index >= 15 is 0 Å². The minimum absolute atomic E-state index is 0.0670. The number of hydrogen-bond donors (Lipinski definition) is 1. The Labute approximate surface area is 392 Å². The zero-order valence-corrected chi connectivity index (χ0v) is 42.1. The Morgan fingerprint density at radius 2 is 0.635 bits per heavy atom. The molecular weight excluding hydrogens is 777 g/mol. The molecule has 0 saturated carbocycles. The van der Waals surface area contributed by atoms with E-state index in [1.54, 1.807) is 0 Å². The number of carbonyl (C=O) groups is 2. The van der Waals surface area contributed by atoms with E-state index in [-0.39, 0.29) is 25.2 Å². The van der Waals surface area contributed by atoms with E-state index < -0.39 is 6.10 Å². The fourth-order valence-corrected chi connectivity index (χ4v) is 8.15. The van der Waals surface area contributed by atoms with E-state index in [1.807, 2.05) is 0 Å². The molecule has 0 aliphatic heterocycles. The lowest BCUT2D eigenvalue weighted by Gasteiger charge is -2.15. The average Bonchev–Trinajstić information content (AvgIpc) is 3.29. The molecule has 0 fully saturated rings. The summed E-state index contributed by atoms with van der Waals surface area (Å²) in [6.45, 7) is 4.12. The number of rotatable bonds is 51. The van der Waals surface area contributed by atoms with Crippen LogP contribution in [0.2, 0.25) is 0 Å². The Kier molecular flexibility index (Phi) is 52.4. The van der Waals surface area contributed by atoms with Crippen LogP contribution in [0.3, 0.4) is 0 Å². The average molecular weight is 883 g/mol. The van der Waals surface area contributed by atoms with Crippen LogP contribution >= 0.6 is 0 Å². The Hall–Kier alpha value is -2.14. The zero-order valence-electron chi connectivity index (χ0n) is 42.1. The summed E-state index contributed by atoms with van der Waals surface area (Å²) in [6.07, 6.45) is 71.0. The third kappa shape index (κ3) is 52.4. The van der Waals surface area contributed by atoms with Crippen LogP contribution in [0.5, 0.6) is 0 Å². The van der Waals surface area contributed by atoms with Crippen LogP contribution in [0.25, 0.3) is 0 Å². The molecule has 0 amide bonds. The van der Waals surface area contributed by atoms with Gasteiger partial charge in [0.05, 0.1) is 6.61 Å². The highest BCUT2D eigenvalue weighted by atomic mass is 16.6. The molecule has 0 saturated heterocycles. The van der Waals surface area contributed by atoms with Gasteiger partial charge in [-0.2, -0.15) is 0 Å². The maximum absolute atomic E-state index is 12.3. The molecule has 0 aliphatic carbocycles. The number of esters is 2. The van der Waals surface area contributed by atoms with Crippen LogP contribution in [0.15, 0.2) is 48.6 Å². The highest BCUT2D eigenvalue weighted by Crippen LogP contribution is 2.17. The summed E-state index contributed by atoms with van der Waals surface area (Å²) in [7, 11) is 0. The molecule has 0 aliphatic rings. The predicted molar refractivity (Wildman–Crippen MR) is 274 cm³/mol. The van der Waals surface area contributed by atoms with Crippen molar-refractivity contribution in [3.05, 3.63) is 48.6 Å². The van der Waals surface area contributed by atoms with Gasteiger partial charge in [0.1, 0.15) is 6.61 Å². The number of carbonyl (C=O) groups excluding carboxylic acids is 2. The van der Waals surface area contributed by atoms with E-state index in [0.29, 0.717) is 12.8 Å². The summed E-state index contributed by atoms with van der Waals surface area (Å²) in [6, 6.07) is 0. The number of hydrogen-bond acceptors (Lipinski definition) is 5. The van der Waals surface area contributed by atoms with Gasteiger partial charge in [-0.05, 0) is 77.0 Å². The summed E-state index contributed by atoms with van der Waals surface area (Å²) in [4.78, 5) is 24.4. The summed E-state index contributed by atoms with van der Waals surface area (Å²) in [5, 5.41) is 9.60.